The SMILES string of the molecule is CCOc1ccc(/C=C/C(=O)N(c2ccccn2)C2CCSC2)cc1. The van der Waals surface area contributed by atoms with E-state index in [1.807, 2.05) is 72.1 Å². The number of aromatic nitrogens is 1. The maximum Gasteiger partial charge on any atom is 0.252 e. The van der Waals surface area contributed by atoms with Gasteiger partial charge >= 0.3 is 0 Å². The molecule has 2 aromatic rings. The Morgan fingerprint density at radius 3 is 2.80 bits per heavy atom. The normalized spacial score (nSPS) is 16.9. The summed E-state index contributed by atoms with van der Waals surface area (Å²) in [6.07, 6.45) is 6.21. The fourth-order valence-electron chi connectivity index (χ4n) is 2.79. The molecule has 130 valence electrons. The molecule has 0 radical (unpaired) electrons. The summed E-state index contributed by atoms with van der Waals surface area (Å²) in [4.78, 5) is 19.0. The maximum atomic E-state index is 12.8. The predicted octanol–water partition coefficient (Wildman–Crippen LogP) is 4.03. The van der Waals surface area contributed by atoms with Crippen molar-refractivity contribution >= 4 is 29.6 Å². The number of pyridine rings is 1. The van der Waals surface area contributed by atoms with Gasteiger partial charge in [-0.15, -0.1) is 0 Å². The third-order valence-electron chi connectivity index (χ3n) is 4.01. The first-order chi connectivity index (χ1) is 12.3. The quantitative estimate of drug-likeness (QED) is 0.735. The van der Waals surface area contributed by atoms with Crippen molar-refractivity contribution in [1.82, 2.24) is 4.98 Å². The van der Waals surface area contributed by atoms with Crippen molar-refractivity contribution in [2.75, 3.05) is 23.0 Å². The Bertz CT molecular complexity index is 710. The number of nitrogens with zero attached hydrogens (tertiary/aromatic N) is 2. The van der Waals surface area contributed by atoms with Gasteiger partial charge in [-0.2, -0.15) is 11.8 Å². The van der Waals surface area contributed by atoms with E-state index in [1.54, 1.807) is 12.3 Å². The monoisotopic (exact) mass is 354 g/mol. The smallest absolute Gasteiger partial charge is 0.252 e. The number of carbonyl (C=O) groups is 1. The third-order valence-corrected chi connectivity index (χ3v) is 5.16. The number of ether oxygens (including phenoxy) is 1. The number of hydrogen-bond donors (Lipinski definition) is 0. The van der Waals surface area contributed by atoms with Crippen LogP contribution >= 0.6 is 11.8 Å². The summed E-state index contributed by atoms with van der Waals surface area (Å²) < 4.78 is 5.44. The molecular weight excluding hydrogens is 332 g/mol. The lowest BCUT2D eigenvalue weighted by atomic mass is 10.1. The zero-order valence-electron chi connectivity index (χ0n) is 14.3. The van der Waals surface area contributed by atoms with Crippen molar-refractivity contribution in [1.29, 1.82) is 0 Å². The van der Waals surface area contributed by atoms with E-state index in [9.17, 15) is 4.79 Å². The molecule has 1 aromatic heterocycles. The van der Waals surface area contributed by atoms with Crippen molar-refractivity contribution in [3.63, 3.8) is 0 Å². The van der Waals surface area contributed by atoms with Gasteiger partial charge in [-0.1, -0.05) is 18.2 Å². The van der Waals surface area contributed by atoms with E-state index in [0.717, 1.165) is 35.1 Å². The van der Waals surface area contributed by atoms with Crippen molar-refractivity contribution in [2.24, 2.45) is 0 Å². The lowest BCUT2D eigenvalue weighted by Crippen LogP contribution is -2.40. The van der Waals surface area contributed by atoms with E-state index in [2.05, 4.69) is 4.98 Å². The molecular formula is C20H22N2O2S. The summed E-state index contributed by atoms with van der Waals surface area (Å²) in [5.74, 6) is 3.57. The Kier molecular flexibility index (Phi) is 6.12. The van der Waals surface area contributed by atoms with E-state index in [-0.39, 0.29) is 11.9 Å². The minimum Gasteiger partial charge on any atom is -0.494 e. The van der Waals surface area contributed by atoms with Gasteiger partial charge < -0.3 is 4.74 Å². The zero-order chi connectivity index (χ0) is 17.5. The lowest BCUT2D eigenvalue weighted by Gasteiger charge is -2.26. The lowest BCUT2D eigenvalue weighted by molar-refractivity contribution is -0.114. The summed E-state index contributed by atoms with van der Waals surface area (Å²) in [5.41, 5.74) is 0.971. The molecule has 5 heteroatoms. The van der Waals surface area contributed by atoms with E-state index in [1.165, 1.54) is 0 Å². The highest BCUT2D eigenvalue weighted by atomic mass is 32.2. The molecule has 3 rings (SSSR count). The highest BCUT2D eigenvalue weighted by Crippen LogP contribution is 2.26. The summed E-state index contributed by atoms with van der Waals surface area (Å²) in [7, 11) is 0. The Labute approximate surface area is 152 Å². The van der Waals surface area contributed by atoms with Gasteiger partial charge in [0.2, 0.25) is 0 Å². The Morgan fingerprint density at radius 1 is 1.32 bits per heavy atom. The fraction of sp³-hybridized carbons (Fsp3) is 0.300. The molecule has 1 aliphatic rings. The first-order valence-electron chi connectivity index (χ1n) is 8.51. The van der Waals surface area contributed by atoms with Crippen LogP contribution in [0.4, 0.5) is 5.82 Å². The van der Waals surface area contributed by atoms with Gasteiger partial charge in [0.1, 0.15) is 11.6 Å². The molecule has 0 bridgehead atoms. The van der Waals surface area contributed by atoms with Gasteiger partial charge in [0.15, 0.2) is 0 Å². The fourth-order valence-corrected chi connectivity index (χ4v) is 3.98. The van der Waals surface area contributed by atoms with Crippen molar-refractivity contribution in [3.05, 3.63) is 60.3 Å². The van der Waals surface area contributed by atoms with Crippen LogP contribution in [0.5, 0.6) is 5.75 Å². The second kappa shape index (κ2) is 8.72. The Hall–Kier alpha value is -2.27. The number of amides is 1. The average Bonchev–Trinajstić information content (AvgIpc) is 3.17. The van der Waals surface area contributed by atoms with E-state index < -0.39 is 0 Å². The first-order valence-corrected chi connectivity index (χ1v) is 9.66. The molecule has 1 unspecified atom stereocenters. The highest BCUT2D eigenvalue weighted by molar-refractivity contribution is 7.99. The first kappa shape index (κ1) is 17.5. The molecule has 1 aliphatic heterocycles. The van der Waals surface area contributed by atoms with Crippen LogP contribution in [0.3, 0.4) is 0 Å². The van der Waals surface area contributed by atoms with Crippen LogP contribution in [-0.4, -0.2) is 35.0 Å². The molecule has 4 nitrogen and oxygen atoms in total. The van der Waals surface area contributed by atoms with E-state index >= 15 is 0 Å². The van der Waals surface area contributed by atoms with Gasteiger partial charge in [-0.3, -0.25) is 9.69 Å². The maximum absolute atomic E-state index is 12.8. The molecule has 1 amide bonds. The molecule has 0 spiro atoms. The highest BCUT2D eigenvalue weighted by Gasteiger charge is 2.27. The topological polar surface area (TPSA) is 42.4 Å². The standard InChI is InChI=1S/C20H22N2O2S/c1-2-24-18-9-6-16(7-10-18)8-11-20(23)22(17-12-14-25-15-17)19-5-3-4-13-21-19/h3-11,13,17H,2,12,14-15H2,1H3/b11-8+. The third kappa shape index (κ3) is 4.63. The second-order valence-corrected chi connectivity index (χ2v) is 6.90. The minimum atomic E-state index is -0.0277. The van der Waals surface area contributed by atoms with E-state index in [0.29, 0.717) is 6.61 Å². The van der Waals surface area contributed by atoms with Crippen molar-refractivity contribution < 1.29 is 9.53 Å². The zero-order valence-corrected chi connectivity index (χ0v) is 15.1. The van der Waals surface area contributed by atoms with Crippen LogP contribution in [0.1, 0.15) is 18.9 Å². The average molecular weight is 354 g/mol. The number of carbonyl (C=O) groups excluding carboxylic acids is 1. The van der Waals surface area contributed by atoms with Crippen molar-refractivity contribution in [3.8, 4) is 5.75 Å². The number of hydrogen-bond acceptors (Lipinski definition) is 4. The predicted molar refractivity (Wildman–Crippen MR) is 104 cm³/mol. The van der Waals surface area contributed by atoms with Crippen LogP contribution in [-0.2, 0) is 4.79 Å². The second-order valence-electron chi connectivity index (χ2n) is 5.75. The number of anilines is 1. The van der Waals surface area contributed by atoms with Crippen LogP contribution in [0.15, 0.2) is 54.7 Å². The Balaban J connectivity index is 1.75. The van der Waals surface area contributed by atoms with Gasteiger partial charge in [0.25, 0.3) is 5.91 Å². The number of benzene rings is 1. The van der Waals surface area contributed by atoms with E-state index in [4.69, 9.17) is 4.74 Å². The molecule has 2 heterocycles. The van der Waals surface area contributed by atoms with Gasteiger partial charge in [0.05, 0.1) is 6.61 Å². The molecule has 0 saturated carbocycles. The van der Waals surface area contributed by atoms with Gasteiger partial charge in [-0.25, -0.2) is 4.98 Å². The molecule has 0 N–H and O–H groups in total. The summed E-state index contributed by atoms with van der Waals surface area (Å²) >= 11 is 1.88. The summed E-state index contributed by atoms with van der Waals surface area (Å²) in [6.45, 7) is 2.60. The molecule has 1 aromatic carbocycles. The number of rotatable bonds is 6. The number of thioether (sulfide) groups is 1. The molecule has 1 saturated heterocycles. The summed E-state index contributed by atoms with van der Waals surface area (Å²) in [6, 6.07) is 13.6. The largest absolute Gasteiger partial charge is 0.494 e. The molecule has 0 aliphatic carbocycles. The molecule has 1 atom stereocenters. The molecule has 1 fully saturated rings. The minimum absolute atomic E-state index is 0.0277. The summed E-state index contributed by atoms with van der Waals surface area (Å²) in [5, 5.41) is 0. The van der Waals surface area contributed by atoms with Crippen LogP contribution in [0, 0.1) is 0 Å². The Morgan fingerprint density at radius 2 is 2.16 bits per heavy atom. The van der Waals surface area contributed by atoms with Gasteiger partial charge in [0, 0.05) is 24.1 Å². The van der Waals surface area contributed by atoms with Gasteiger partial charge in [-0.05, 0) is 55.0 Å². The van der Waals surface area contributed by atoms with Crippen LogP contribution in [0.2, 0.25) is 0 Å². The van der Waals surface area contributed by atoms with Crippen molar-refractivity contribution in [2.45, 2.75) is 19.4 Å². The van der Waals surface area contributed by atoms with Crippen LogP contribution in [0.25, 0.3) is 6.08 Å². The molecule has 25 heavy (non-hydrogen) atoms. The van der Waals surface area contributed by atoms with Crippen LogP contribution < -0.4 is 9.64 Å².